The Labute approximate surface area is 102 Å². The Morgan fingerprint density at radius 3 is 2.24 bits per heavy atom. The number of hydrogen-bond donors (Lipinski definition) is 0. The van der Waals surface area contributed by atoms with Crippen molar-refractivity contribution in [3.63, 3.8) is 0 Å². The summed E-state index contributed by atoms with van der Waals surface area (Å²) < 4.78 is 26.5. The van der Waals surface area contributed by atoms with E-state index in [9.17, 15) is 13.6 Å². The summed E-state index contributed by atoms with van der Waals surface area (Å²) in [4.78, 5) is 11.2. The van der Waals surface area contributed by atoms with Crippen LogP contribution in [0.5, 0.6) is 0 Å². The van der Waals surface area contributed by atoms with E-state index < -0.39 is 16.9 Å². The van der Waals surface area contributed by atoms with Crippen LogP contribution in [0, 0.1) is 11.6 Å². The lowest BCUT2D eigenvalue weighted by atomic mass is 10.00. The molecule has 2 aromatic carbocycles. The van der Waals surface area contributed by atoms with Crippen molar-refractivity contribution < 1.29 is 13.6 Å². The van der Waals surface area contributed by atoms with Crippen molar-refractivity contribution in [1.29, 1.82) is 0 Å². The summed E-state index contributed by atoms with van der Waals surface area (Å²) in [6.07, 6.45) is 0. The van der Waals surface area contributed by atoms with E-state index in [-0.39, 0.29) is 11.1 Å². The monoisotopic (exact) mass is 252 g/mol. The number of carbonyl (C=O) groups is 1. The average molecular weight is 253 g/mol. The lowest BCUT2D eigenvalue weighted by molar-refractivity contribution is 0.108. The number of hydrogen-bond acceptors (Lipinski definition) is 1. The van der Waals surface area contributed by atoms with Gasteiger partial charge in [0.15, 0.2) is 0 Å². The molecular formula is C13H7ClF2O. The van der Waals surface area contributed by atoms with E-state index in [1.165, 1.54) is 42.5 Å². The second-order valence-electron chi connectivity index (χ2n) is 3.44. The normalized spacial score (nSPS) is 10.3. The molecule has 0 N–H and O–H groups in total. The number of rotatable bonds is 2. The van der Waals surface area contributed by atoms with E-state index in [4.69, 9.17) is 11.6 Å². The highest BCUT2D eigenvalue weighted by molar-refractivity contribution is 6.68. The molecule has 0 aliphatic rings. The van der Waals surface area contributed by atoms with Crippen LogP contribution in [-0.4, -0.2) is 5.24 Å². The van der Waals surface area contributed by atoms with Crippen molar-refractivity contribution in [2.45, 2.75) is 0 Å². The molecule has 0 radical (unpaired) electrons. The Balaban J connectivity index is 2.65. The SMILES string of the molecule is O=C(Cl)c1cccc(F)c1-c1ccc(F)cc1. The molecule has 2 rings (SSSR count). The van der Waals surface area contributed by atoms with Gasteiger partial charge in [-0.2, -0.15) is 0 Å². The van der Waals surface area contributed by atoms with Crippen LogP contribution in [0.25, 0.3) is 11.1 Å². The largest absolute Gasteiger partial charge is 0.276 e. The van der Waals surface area contributed by atoms with Crippen LogP contribution in [0.2, 0.25) is 0 Å². The van der Waals surface area contributed by atoms with Gasteiger partial charge in [-0.1, -0.05) is 18.2 Å². The first kappa shape index (κ1) is 11.7. The molecule has 0 saturated heterocycles. The van der Waals surface area contributed by atoms with Gasteiger partial charge < -0.3 is 0 Å². The lowest BCUT2D eigenvalue weighted by Crippen LogP contribution is -1.96. The van der Waals surface area contributed by atoms with Crippen LogP contribution in [-0.2, 0) is 0 Å². The molecule has 0 aromatic heterocycles. The predicted molar refractivity (Wildman–Crippen MR) is 62.0 cm³/mol. The first-order valence-electron chi connectivity index (χ1n) is 4.84. The third-order valence-corrected chi connectivity index (χ3v) is 2.56. The topological polar surface area (TPSA) is 17.1 Å². The molecule has 0 atom stereocenters. The highest BCUT2D eigenvalue weighted by Crippen LogP contribution is 2.28. The Morgan fingerprint density at radius 2 is 1.65 bits per heavy atom. The second-order valence-corrected chi connectivity index (χ2v) is 3.79. The molecular weight excluding hydrogens is 246 g/mol. The molecule has 17 heavy (non-hydrogen) atoms. The summed E-state index contributed by atoms with van der Waals surface area (Å²) in [5.74, 6) is -0.994. The predicted octanol–water partition coefficient (Wildman–Crippen LogP) is 4.01. The van der Waals surface area contributed by atoms with Crippen LogP contribution in [0.4, 0.5) is 8.78 Å². The second kappa shape index (κ2) is 4.63. The smallest absolute Gasteiger partial charge is 0.253 e. The maximum Gasteiger partial charge on any atom is 0.253 e. The van der Waals surface area contributed by atoms with Crippen molar-refractivity contribution in [3.8, 4) is 11.1 Å². The summed E-state index contributed by atoms with van der Waals surface area (Å²) >= 11 is 5.38. The first-order valence-corrected chi connectivity index (χ1v) is 5.21. The Hall–Kier alpha value is -1.74. The zero-order chi connectivity index (χ0) is 12.4. The van der Waals surface area contributed by atoms with Gasteiger partial charge in [0.25, 0.3) is 5.24 Å². The van der Waals surface area contributed by atoms with Crippen molar-refractivity contribution in [2.24, 2.45) is 0 Å². The van der Waals surface area contributed by atoms with Gasteiger partial charge in [-0.15, -0.1) is 0 Å². The summed E-state index contributed by atoms with van der Waals surface area (Å²) in [5.41, 5.74) is 0.569. The van der Waals surface area contributed by atoms with Crippen molar-refractivity contribution in [3.05, 3.63) is 59.7 Å². The van der Waals surface area contributed by atoms with Crippen LogP contribution in [0.15, 0.2) is 42.5 Å². The zero-order valence-electron chi connectivity index (χ0n) is 8.58. The van der Waals surface area contributed by atoms with E-state index in [1.54, 1.807) is 0 Å². The molecule has 0 aliphatic heterocycles. The molecule has 0 bridgehead atoms. The fraction of sp³-hybridized carbons (Fsp3) is 0. The molecule has 2 aromatic rings. The number of carbonyl (C=O) groups excluding carboxylic acids is 1. The molecule has 0 saturated carbocycles. The van der Waals surface area contributed by atoms with Crippen LogP contribution in [0.1, 0.15) is 10.4 Å². The Kier molecular flexibility index (Phi) is 3.20. The molecule has 4 heteroatoms. The van der Waals surface area contributed by atoms with Gasteiger partial charge in [0.2, 0.25) is 0 Å². The molecule has 0 spiro atoms. The maximum absolute atomic E-state index is 13.7. The van der Waals surface area contributed by atoms with Crippen LogP contribution < -0.4 is 0 Å². The highest BCUT2D eigenvalue weighted by atomic mass is 35.5. The van der Waals surface area contributed by atoms with E-state index in [0.717, 1.165) is 0 Å². The van der Waals surface area contributed by atoms with Gasteiger partial charge in [0.05, 0.1) is 0 Å². The van der Waals surface area contributed by atoms with Gasteiger partial charge in [0.1, 0.15) is 11.6 Å². The van der Waals surface area contributed by atoms with E-state index >= 15 is 0 Å². The third-order valence-electron chi connectivity index (χ3n) is 2.36. The molecule has 0 amide bonds. The molecule has 86 valence electrons. The minimum Gasteiger partial charge on any atom is -0.276 e. The first-order chi connectivity index (χ1) is 8.09. The molecule has 0 heterocycles. The Morgan fingerprint density at radius 1 is 1.00 bits per heavy atom. The fourth-order valence-corrected chi connectivity index (χ4v) is 1.76. The quantitative estimate of drug-likeness (QED) is 0.738. The summed E-state index contributed by atoms with van der Waals surface area (Å²) in [6.45, 7) is 0. The molecule has 0 fully saturated rings. The van der Waals surface area contributed by atoms with Gasteiger partial charge in [0, 0.05) is 11.1 Å². The summed E-state index contributed by atoms with van der Waals surface area (Å²) in [5, 5.41) is -0.746. The Bertz CT molecular complexity index is 564. The lowest BCUT2D eigenvalue weighted by Gasteiger charge is -2.07. The standard InChI is InChI=1S/C13H7ClF2O/c14-13(17)10-2-1-3-11(16)12(10)8-4-6-9(15)7-5-8/h1-7H. The molecule has 0 aliphatic carbocycles. The van der Waals surface area contributed by atoms with Gasteiger partial charge in [-0.3, -0.25) is 4.79 Å². The maximum atomic E-state index is 13.7. The van der Waals surface area contributed by atoms with Crippen molar-refractivity contribution >= 4 is 16.8 Å². The van der Waals surface area contributed by atoms with E-state index in [1.807, 2.05) is 0 Å². The highest BCUT2D eigenvalue weighted by Gasteiger charge is 2.14. The molecule has 1 nitrogen and oxygen atoms in total. The van der Waals surface area contributed by atoms with E-state index in [2.05, 4.69) is 0 Å². The summed E-state index contributed by atoms with van der Waals surface area (Å²) in [7, 11) is 0. The fourth-order valence-electron chi connectivity index (χ4n) is 1.60. The number of halogens is 3. The minimum absolute atomic E-state index is 0.0678. The zero-order valence-corrected chi connectivity index (χ0v) is 9.34. The van der Waals surface area contributed by atoms with Crippen molar-refractivity contribution in [1.82, 2.24) is 0 Å². The van der Waals surface area contributed by atoms with Crippen LogP contribution >= 0.6 is 11.6 Å². The number of benzene rings is 2. The minimum atomic E-state index is -0.746. The third kappa shape index (κ3) is 2.34. The van der Waals surface area contributed by atoms with Gasteiger partial charge >= 0.3 is 0 Å². The summed E-state index contributed by atoms with van der Waals surface area (Å²) in [6, 6.07) is 9.25. The molecule has 0 unspecified atom stereocenters. The van der Waals surface area contributed by atoms with Gasteiger partial charge in [-0.25, -0.2) is 8.78 Å². The van der Waals surface area contributed by atoms with Gasteiger partial charge in [-0.05, 0) is 41.4 Å². The van der Waals surface area contributed by atoms with Crippen LogP contribution in [0.3, 0.4) is 0 Å². The van der Waals surface area contributed by atoms with Crippen molar-refractivity contribution in [2.75, 3.05) is 0 Å². The van der Waals surface area contributed by atoms with E-state index in [0.29, 0.717) is 5.56 Å². The average Bonchev–Trinajstić information content (AvgIpc) is 2.30.